The maximum atomic E-state index is 5.50. The first kappa shape index (κ1) is 8.92. The van der Waals surface area contributed by atoms with Crippen molar-refractivity contribution in [1.29, 1.82) is 0 Å². The summed E-state index contributed by atoms with van der Waals surface area (Å²) in [6.45, 7) is 1.11. The molecule has 0 radical (unpaired) electrons. The van der Waals surface area contributed by atoms with Crippen molar-refractivity contribution in [2.24, 2.45) is 0 Å². The Morgan fingerprint density at radius 3 is 3.27 bits per heavy atom. The Labute approximate surface area is 88.5 Å². The van der Waals surface area contributed by atoms with E-state index in [1.54, 1.807) is 6.20 Å². The molecule has 3 heterocycles. The van der Waals surface area contributed by atoms with E-state index in [0.29, 0.717) is 6.04 Å². The highest BCUT2D eigenvalue weighted by molar-refractivity contribution is 5.80. The van der Waals surface area contributed by atoms with Crippen molar-refractivity contribution in [2.75, 3.05) is 6.54 Å². The zero-order valence-corrected chi connectivity index (χ0v) is 8.57. The lowest BCUT2D eigenvalue weighted by molar-refractivity contribution is 0.410. The van der Waals surface area contributed by atoms with Gasteiger partial charge in [0.25, 0.3) is 0 Å². The average molecular weight is 202 g/mol. The Hall–Kier alpha value is -1.35. The first-order valence-electron chi connectivity index (χ1n) is 5.49. The maximum Gasteiger partial charge on any atom is 0.152 e. The third-order valence-corrected chi connectivity index (χ3v) is 3.09. The monoisotopic (exact) mass is 202 g/mol. The molecule has 0 aliphatic carbocycles. The minimum atomic E-state index is 0.461. The third kappa shape index (κ3) is 1.53. The Bertz CT molecular complexity index is 457. The van der Waals surface area contributed by atoms with Crippen LogP contribution >= 0.6 is 0 Å². The molecule has 15 heavy (non-hydrogen) atoms. The number of hydrogen-bond donors (Lipinski definition) is 1. The predicted molar refractivity (Wildman–Crippen MR) is 58.6 cm³/mol. The van der Waals surface area contributed by atoms with Crippen LogP contribution in [0.15, 0.2) is 29.1 Å². The number of furan rings is 1. The lowest BCUT2D eigenvalue weighted by Gasteiger charge is -2.22. The minimum absolute atomic E-state index is 0.461. The van der Waals surface area contributed by atoms with E-state index in [1.807, 2.05) is 18.5 Å². The quantitative estimate of drug-likeness (QED) is 0.772. The average Bonchev–Trinajstić information content (AvgIpc) is 2.74. The molecule has 2 aromatic rings. The molecule has 1 aliphatic rings. The van der Waals surface area contributed by atoms with Gasteiger partial charge < -0.3 is 9.73 Å². The van der Waals surface area contributed by atoms with Crippen LogP contribution in [0.2, 0.25) is 0 Å². The third-order valence-electron chi connectivity index (χ3n) is 3.09. The highest BCUT2D eigenvalue weighted by Gasteiger charge is 2.18. The van der Waals surface area contributed by atoms with Crippen LogP contribution in [0.3, 0.4) is 0 Å². The number of fused-ring (bicyclic) bond motifs is 1. The first-order chi connectivity index (χ1) is 7.45. The zero-order valence-electron chi connectivity index (χ0n) is 8.57. The van der Waals surface area contributed by atoms with Crippen molar-refractivity contribution in [3.8, 4) is 0 Å². The van der Waals surface area contributed by atoms with Crippen LogP contribution in [-0.2, 0) is 0 Å². The molecule has 1 unspecified atom stereocenters. The van der Waals surface area contributed by atoms with Gasteiger partial charge in [0, 0.05) is 23.2 Å². The van der Waals surface area contributed by atoms with E-state index >= 15 is 0 Å². The van der Waals surface area contributed by atoms with Crippen LogP contribution in [0.5, 0.6) is 0 Å². The summed E-state index contributed by atoms with van der Waals surface area (Å²) in [6, 6.07) is 2.49. The van der Waals surface area contributed by atoms with Crippen molar-refractivity contribution in [3.05, 3.63) is 30.3 Å². The molecule has 3 rings (SSSR count). The number of piperidine rings is 1. The number of nitrogens with one attached hydrogen (secondary N) is 1. The molecule has 0 bridgehead atoms. The fraction of sp³-hybridized carbons (Fsp3) is 0.417. The highest BCUT2D eigenvalue weighted by atomic mass is 16.3. The van der Waals surface area contributed by atoms with Gasteiger partial charge in [-0.2, -0.15) is 0 Å². The van der Waals surface area contributed by atoms with Crippen molar-refractivity contribution in [1.82, 2.24) is 10.3 Å². The second-order valence-electron chi connectivity index (χ2n) is 4.07. The molecule has 2 aromatic heterocycles. The molecule has 0 spiro atoms. The molecule has 1 fully saturated rings. The summed E-state index contributed by atoms with van der Waals surface area (Å²) in [5, 5.41) is 4.73. The molecule has 3 heteroatoms. The van der Waals surface area contributed by atoms with E-state index in [-0.39, 0.29) is 0 Å². The predicted octanol–water partition coefficient (Wildman–Crippen LogP) is 2.64. The summed E-state index contributed by atoms with van der Waals surface area (Å²) < 4.78 is 5.50. The van der Waals surface area contributed by atoms with Gasteiger partial charge in [-0.15, -0.1) is 0 Å². The molecular weight excluding hydrogens is 188 g/mol. The van der Waals surface area contributed by atoms with Gasteiger partial charge >= 0.3 is 0 Å². The lowest BCUT2D eigenvalue weighted by atomic mass is 9.98. The topological polar surface area (TPSA) is 38.1 Å². The van der Waals surface area contributed by atoms with Gasteiger partial charge in [-0.25, -0.2) is 0 Å². The molecule has 3 nitrogen and oxygen atoms in total. The van der Waals surface area contributed by atoms with E-state index in [0.717, 1.165) is 12.1 Å². The summed E-state index contributed by atoms with van der Waals surface area (Å²) in [6.07, 6.45) is 9.27. The Morgan fingerprint density at radius 2 is 2.40 bits per heavy atom. The lowest BCUT2D eigenvalue weighted by Crippen LogP contribution is -2.26. The van der Waals surface area contributed by atoms with Crippen LogP contribution in [0.1, 0.15) is 30.9 Å². The van der Waals surface area contributed by atoms with E-state index in [9.17, 15) is 0 Å². The molecule has 1 saturated heterocycles. The van der Waals surface area contributed by atoms with Crippen molar-refractivity contribution < 1.29 is 4.42 Å². The summed E-state index contributed by atoms with van der Waals surface area (Å²) in [4.78, 5) is 4.06. The number of nitrogens with zero attached hydrogens (tertiary/aromatic N) is 1. The molecule has 1 aliphatic heterocycles. The van der Waals surface area contributed by atoms with Gasteiger partial charge in [0.1, 0.15) is 0 Å². The molecule has 0 aromatic carbocycles. The standard InChI is InChI=1S/C12H14N2O/c1-2-5-14-11(3-1)10-8-15-12-7-13-6-4-9(10)12/h4,6-8,11,14H,1-3,5H2. The zero-order chi connectivity index (χ0) is 10.1. The second-order valence-corrected chi connectivity index (χ2v) is 4.07. The molecule has 1 atom stereocenters. The van der Waals surface area contributed by atoms with Crippen molar-refractivity contribution in [2.45, 2.75) is 25.3 Å². The highest BCUT2D eigenvalue weighted by Crippen LogP contribution is 2.30. The second kappa shape index (κ2) is 3.66. The molecular formula is C12H14N2O. The summed E-state index contributed by atoms with van der Waals surface area (Å²) >= 11 is 0. The van der Waals surface area contributed by atoms with Crippen LogP contribution in [0.25, 0.3) is 11.0 Å². The Morgan fingerprint density at radius 1 is 1.40 bits per heavy atom. The van der Waals surface area contributed by atoms with E-state index in [4.69, 9.17) is 4.42 Å². The number of pyridine rings is 1. The van der Waals surface area contributed by atoms with Gasteiger partial charge in [-0.3, -0.25) is 4.98 Å². The van der Waals surface area contributed by atoms with Crippen LogP contribution in [0, 0.1) is 0 Å². The molecule has 1 N–H and O–H groups in total. The first-order valence-corrected chi connectivity index (χ1v) is 5.49. The van der Waals surface area contributed by atoms with Crippen LogP contribution in [0.4, 0.5) is 0 Å². The minimum Gasteiger partial charge on any atom is -0.462 e. The van der Waals surface area contributed by atoms with Crippen molar-refractivity contribution >= 4 is 11.0 Å². The number of aromatic nitrogens is 1. The Kier molecular flexibility index (Phi) is 2.18. The van der Waals surface area contributed by atoms with E-state index in [2.05, 4.69) is 10.3 Å². The normalized spacial score (nSPS) is 22.0. The number of hydrogen-bond acceptors (Lipinski definition) is 3. The van der Waals surface area contributed by atoms with Crippen LogP contribution in [-0.4, -0.2) is 11.5 Å². The summed E-state index contributed by atoms with van der Waals surface area (Å²) in [5.74, 6) is 0. The number of rotatable bonds is 1. The SMILES string of the molecule is c1cc2c(C3CCCCN3)coc2cn1. The molecule has 0 saturated carbocycles. The fourth-order valence-electron chi connectivity index (χ4n) is 2.29. The van der Waals surface area contributed by atoms with Crippen LogP contribution < -0.4 is 5.32 Å². The van der Waals surface area contributed by atoms with Gasteiger partial charge in [0.15, 0.2) is 5.58 Å². The van der Waals surface area contributed by atoms with Gasteiger partial charge in [-0.1, -0.05) is 6.42 Å². The maximum absolute atomic E-state index is 5.50. The van der Waals surface area contributed by atoms with Gasteiger partial charge in [-0.05, 0) is 25.5 Å². The smallest absolute Gasteiger partial charge is 0.152 e. The molecule has 0 amide bonds. The fourth-order valence-corrected chi connectivity index (χ4v) is 2.29. The van der Waals surface area contributed by atoms with Gasteiger partial charge in [0.05, 0.1) is 12.5 Å². The van der Waals surface area contributed by atoms with Crippen molar-refractivity contribution in [3.63, 3.8) is 0 Å². The summed E-state index contributed by atoms with van der Waals surface area (Å²) in [5.41, 5.74) is 2.17. The molecule has 78 valence electrons. The van der Waals surface area contributed by atoms with E-state index < -0.39 is 0 Å². The van der Waals surface area contributed by atoms with E-state index in [1.165, 1.54) is 30.2 Å². The van der Waals surface area contributed by atoms with Gasteiger partial charge in [0.2, 0.25) is 0 Å². The Balaban J connectivity index is 2.02. The summed E-state index contributed by atoms with van der Waals surface area (Å²) in [7, 11) is 0. The largest absolute Gasteiger partial charge is 0.462 e.